The van der Waals surface area contributed by atoms with Gasteiger partial charge in [-0.15, -0.1) is 8.42 Å². The largest absolute Gasteiger partial charge is 0.421 e. The van der Waals surface area contributed by atoms with Crippen molar-refractivity contribution in [3.63, 3.8) is 0 Å². The van der Waals surface area contributed by atoms with Crippen molar-refractivity contribution in [3.8, 4) is 0 Å². The van der Waals surface area contributed by atoms with Crippen molar-refractivity contribution < 1.29 is 12.0 Å². The second-order valence-corrected chi connectivity index (χ2v) is 9.98. The summed E-state index contributed by atoms with van der Waals surface area (Å²) in [6.45, 7) is 8.01. The van der Waals surface area contributed by atoms with Crippen molar-refractivity contribution >= 4 is 20.4 Å². The summed E-state index contributed by atoms with van der Waals surface area (Å²) in [5, 5.41) is 0. The quantitative estimate of drug-likeness (QED) is 0.594. The lowest BCUT2D eigenvalue weighted by Crippen LogP contribution is -2.22. The Morgan fingerprint density at radius 1 is 0.944 bits per heavy atom. The maximum atomic E-state index is 12.3. The van der Waals surface area contributed by atoms with E-state index in [1.54, 1.807) is 12.1 Å². The molecule has 0 saturated heterocycles. The van der Waals surface area contributed by atoms with Gasteiger partial charge in [0.05, 0.1) is 0 Å². The van der Waals surface area contributed by atoms with Crippen LogP contribution in [-0.4, -0.2) is 29.3 Å². The average molecular weight is 291 g/mol. The molecule has 0 heterocycles. The minimum Gasteiger partial charge on any atom is -0.269 e. The van der Waals surface area contributed by atoms with Gasteiger partial charge in [-0.1, -0.05) is 38.5 Å². The summed E-state index contributed by atoms with van der Waals surface area (Å²) in [6.07, 6.45) is 0. The van der Waals surface area contributed by atoms with E-state index in [1.165, 1.54) is 0 Å². The molecular weight excluding hydrogens is 268 g/mol. The highest BCUT2D eigenvalue weighted by Gasteiger charge is 2.33. The maximum Gasteiger partial charge on any atom is 0.421 e. The van der Waals surface area contributed by atoms with Gasteiger partial charge in [0.1, 0.15) is 4.90 Å². The van der Waals surface area contributed by atoms with Crippen LogP contribution in [0.5, 0.6) is 0 Å². The third kappa shape index (κ3) is 3.49. The van der Waals surface area contributed by atoms with E-state index in [9.17, 15) is 8.42 Å². The van der Waals surface area contributed by atoms with Gasteiger partial charge in [-0.25, -0.2) is 0 Å². The Bertz CT molecular complexity index is 465. The predicted molar refractivity (Wildman–Crippen MR) is 80.2 cm³/mol. The Balaban J connectivity index is 3.04. The maximum absolute atomic E-state index is 12.3. The zero-order chi connectivity index (χ0) is 13.8. The molecule has 0 aromatic heterocycles. The minimum atomic E-state index is -3.51. The van der Waals surface area contributed by atoms with Crippen molar-refractivity contribution in [2.45, 2.75) is 32.6 Å². The third-order valence-corrected chi connectivity index (χ3v) is 9.33. The van der Waals surface area contributed by atoms with Crippen LogP contribution in [0.2, 0.25) is 0 Å². The van der Waals surface area contributed by atoms with E-state index >= 15 is 0 Å². The van der Waals surface area contributed by atoms with Crippen LogP contribution in [0.1, 0.15) is 26.3 Å². The summed E-state index contributed by atoms with van der Waals surface area (Å²) in [6, 6.07) is 6.89. The molecule has 1 aromatic rings. The standard InChI is InChI=1S/C13H22O3S2/c1-5-17(6-2,7-3)16-18(14,15)13-10-8-12(4)9-11-13/h8-11H,5-7H2,1-4H3/p+1. The molecule has 1 rings (SSSR count). The number of hydrogen-bond acceptors (Lipinski definition) is 2. The van der Waals surface area contributed by atoms with Crippen molar-refractivity contribution in [2.24, 2.45) is 0 Å². The number of hydrogen-bond donors (Lipinski definition) is 0. The molecular formula is C13H23O3S2+. The Morgan fingerprint density at radius 2 is 1.39 bits per heavy atom. The van der Waals surface area contributed by atoms with Crippen LogP contribution in [-0.2, 0) is 10.1 Å². The summed E-state index contributed by atoms with van der Waals surface area (Å²) in [7, 11) is -4.90. The fourth-order valence-corrected chi connectivity index (χ4v) is 6.71. The molecule has 0 aliphatic heterocycles. The van der Waals surface area contributed by atoms with E-state index < -0.39 is 20.4 Å². The second-order valence-electron chi connectivity index (χ2n) is 4.23. The van der Waals surface area contributed by atoms with Crippen LogP contribution >= 0.6 is 10.3 Å². The third-order valence-electron chi connectivity index (χ3n) is 3.19. The highest BCUT2D eigenvalue weighted by molar-refractivity contribution is 8.32. The van der Waals surface area contributed by atoms with Crippen molar-refractivity contribution in [3.05, 3.63) is 29.8 Å². The van der Waals surface area contributed by atoms with Gasteiger partial charge in [-0.2, -0.15) is 0 Å². The first kappa shape index (κ1) is 15.5. The van der Waals surface area contributed by atoms with E-state index in [2.05, 4.69) is 3.63 Å². The fraction of sp³-hybridized carbons (Fsp3) is 0.538. The summed E-state index contributed by atoms with van der Waals surface area (Å²) in [5.41, 5.74) is 1.05. The lowest BCUT2D eigenvalue weighted by Gasteiger charge is -2.30. The number of benzene rings is 1. The number of aryl methyl sites for hydroxylation is 1. The average Bonchev–Trinajstić information content (AvgIpc) is 2.37. The first-order valence-corrected chi connectivity index (χ1v) is 9.75. The van der Waals surface area contributed by atoms with Crippen molar-refractivity contribution in [1.82, 2.24) is 0 Å². The Kier molecular flexibility index (Phi) is 5.25. The van der Waals surface area contributed by atoms with E-state index in [0.29, 0.717) is 4.90 Å². The molecule has 0 atom stereocenters. The molecule has 18 heavy (non-hydrogen) atoms. The topological polar surface area (TPSA) is 46.9 Å². The summed E-state index contributed by atoms with van der Waals surface area (Å²) in [5.74, 6) is 2.47. The van der Waals surface area contributed by atoms with E-state index in [-0.39, 0.29) is 0 Å². The van der Waals surface area contributed by atoms with Crippen LogP contribution in [0.4, 0.5) is 0 Å². The molecule has 0 aliphatic carbocycles. The Morgan fingerprint density at radius 3 is 1.78 bits per heavy atom. The fourth-order valence-electron chi connectivity index (χ4n) is 1.73. The van der Waals surface area contributed by atoms with E-state index in [4.69, 9.17) is 0 Å². The molecule has 1 N–H and O–H groups in total. The van der Waals surface area contributed by atoms with Crippen LogP contribution < -0.4 is 0 Å². The van der Waals surface area contributed by atoms with Crippen LogP contribution in [0.3, 0.4) is 0 Å². The Hall–Kier alpha value is -0.520. The van der Waals surface area contributed by atoms with E-state index in [1.807, 2.05) is 39.8 Å². The highest BCUT2D eigenvalue weighted by atomic mass is 32.3. The molecule has 0 radical (unpaired) electrons. The van der Waals surface area contributed by atoms with Crippen LogP contribution in [0.25, 0.3) is 0 Å². The predicted octanol–water partition coefficient (Wildman–Crippen LogP) is 3.56. The molecule has 5 heteroatoms. The second kappa shape index (κ2) is 6.08. The molecule has 0 bridgehead atoms. The van der Waals surface area contributed by atoms with Gasteiger partial charge in [0.15, 0.2) is 0 Å². The van der Waals surface area contributed by atoms with Crippen molar-refractivity contribution in [1.29, 1.82) is 0 Å². The molecule has 0 saturated carbocycles. The normalized spacial score (nSPS) is 13.6. The van der Waals surface area contributed by atoms with Gasteiger partial charge in [0, 0.05) is 17.3 Å². The zero-order valence-electron chi connectivity index (χ0n) is 11.5. The summed E-state index contributed by atoms with van der Waals surface area (Å²) < 4.78 is 28.8. The molecule has 1 aromatic carbocycles. The highest BCUT2D eigenvalue weighted by Crippen LogP contribution is 2.47. The molecule has 104 valence electrons. The molecule has 0 fully saturated rings. The lowest BCUT2D eigenvalue weighted by molar-refractivity contribution is 0.389. The van der Waals surface area contributed by atoms with Gasteiger partial charge >= 0.3 is 10.1 Å². The SMILES string of the molecule is CCS(CC)(CC)[OH+]S(=O)(=O)c1ccc(C)cc1. The Labute approximate surface area is 112 Å². The van der Waals surface area contributed by atoms with Gasteiger partial charge in [0.25, 0.3) is 0 Å². The molecule has 0 amide bonds. The van der Waals surface area contributed by atoms with Gasteiger partial charge < -0.3 is 0 Å². The van der Waals surface area contributed by atoms with E-state index in [0.717, 1.165) is 22.8 Å². The molecule has 0 aliphatic rings. The van der Waals surface area contributed by atoms with Gasteiger partial charge in [0.2, 0.25) is 0 Å². The van der Waals surface area contributed by atoms with Gasteiger partial charge in [-0.05, 0) is 29.4 Å². The number of rotatable bonds is 6. The van der Waals surface area contributed by atoms with Crippen LogP contribution in [0, 0.1) is 6.92 Å². The summed E-state index contributed by atoms with van der Waals surface area (Å²) >= 11 is 0. The van der Waals surface area contributed by atoms with Crippen molar-refractivity contribution in [2.75, 3.05) is 17.3 Å². The zero-order valence-corrected chi connectivity index (χ0v) is 13.1. The smallest absolute Gasteiger partial charge is 0.269 e. The first-order valence-electron chi connectivity index (χ1n) is 6.21. The molecule has 0 unspecified atom stereocenters. The summed E-state index contributed by atoms with van der Waals surface area (Å²) in [4.78, 5) is 0.306. The minimum absolute atomic E-state index is 0.306. The molecule has 3 nitrogen and oxygen atoms in total. The van der Waals surface area contributed by atoms with Crippen LogP contribution in [0.15, 0.2) is 29.2 Å². The van der Waals surface area contributed by atoms with Gasteiger partial charge in [-0.3, -0.25) is 3.63 Å². The first-order chi connectivity index (χ1) is 8.39. The lowest BCUT2D eigenvalue weighted by atomic mass is 10.2. The monoisotopic (exact) mass is 291 g/mol. The molecule has 0 spiro atoms.